The number of carbonyl (C=O) groups excluding carboxylic acids is 2. The number of pyridine rings is 2. The molecule has 1 aliphatic carbocycles. The summed E-state index contributed by atoms with van der Waals surface area (Å²) < 4.78 is 42.2. The molecule has 0 radical (unpaired) electrons. The standard InChI is InChI=1S/C16H16F3N5O2.C6H12O/c1-2-9-5-12(8-22-13(9)20)24-15(26)14(25)23-7-11-4-3-10(6-21-11)16(17,18)19;1-7-5-4-6-2-3-6/h3-6,8H,2,7H2,1H3,(H2,20,22)(H,23,25)(H,24,26);6H,2-5H2,1H3. The number of aromatic nitrogens is 2. The van der Waals surface area contributed by atoms with E-state index in [4.69, 9.17) is 10.5 Å². The fourth-order valence-electron chi connectivity index (χ4n) is 2.70. The minimum absolute atomic E-state index is 0.182. The average Bonchev–Trinajstić information content (AvgIpc) is 3.62. The number of halogens is 3. The molecule has 2 aromatic rings. The van der Waals surface area contributed by atoms with E-state index in [1.165, 1.54) is 25.5 Å². The van der Waals surface area contributed by atoms with Crippen LogP contribution in [0.5, 0.6) is 0 Å². The number of nitrogen functional groups attached to an aromatic ring is 1. The van der Waals surface area contributed by atoms with E-state index in [9.17, 15) is 22.8 Å². The third-order valence-corrected chi connectivity index (χ3v) is 4.86. The van der Waals surface area contributed by atoms with Gasteiger partial charge in [0.15, 0.2) is 0 Å². The molecule has 4 N–H and O–H groups in total. The van der Waals surface area contributed by atoms with Gasteiger partial charge >= 0.3 is 18.0 Å². The Bertz CT molecular complexity index is 932. The van der Waals surface area contributed by atoms with Gasteiger partial charge in [0.05, 0.1) is 29.7 Å². The Balaban J connectivity index is 0.000000468. The van der Waals surface area contributed by atoms with Crippen LogP contribution in [-0.4, -0.2) is 35.5 Å². The van der Waals surface area contributed by atoms with Gasteiger partial charge in [-0.1, -0.05) is 19.8 Å². The summed E-state index contributed by atoms with van der Waals surface area (Å²) in [5, 5.41) is 4.65. The van der Waals surface area contributed by atoms with Crippen LogP contribution in [0.4, 0.5) is 24.7 Å². The quantitative estimate of drug-likeness (QED) is 0.538. The number of rotatable bonds is 7. The van der Waals surface area contributed by atoms with Crippen LogP contribution in [-0.2, 0) is 33.5 Å². The SMILES string of the molecule is CCc1cc(NC(=O)C(=O)NCc2ccc(C(F)(F)F)cn2)cnc1N.COCCC1CC1. The lowest BCUT2D eigenvalue weighted by Gasteiger charge is -2.09. The fraction of sp³-hybridized carbons (Fsp3) is 0.455. The van der Waals surface area contributed by atoms with Crippen molar-refractivity contribution in [3.63, 3.8) is 0 Å². The zero-order valence-corrected chi connectivity index (χ0v) is 18.5. The summed E-state index contributed by atoms with van der Waals surface area (Å²) in [5.41, 5.74) is 5.97. The molecule has 2 amide bonds. The van der Waals surface area contributed by atoms with Crippen molar-refractivity contribution in [2.45, 2.75) is 45.3 Å². The molecule has 8 nitrogen and oxygen atoms in total. The summed E-state index contributed by atoms with van der Waals surface area (Å²) >= 11 is 0. The van der Waals surface area contributed by atoms with Crippen LogP contribution < -0.4 is 16.4 Å². The van der Waals surface area contributed by atoms with Gasteiger partial charge in [0.25, 0.3) is 0 Å². The molecule has 0 atom stereocenters. The summed E-state index contributed by atoms with van der Waals surface area (Å²) in [6.07, 6.45) is 2.28. The number of methoxy groups -OCH3 is 1. The number of aryl methyl sites for hydroxylation is 1. The Morgan fingerprint density at radius 3 is 2.45 bits per heavy atom. The molecule has 0 bridgehead atoms. The van der Waals surface area contributed by atoms with Crippen molar-refractivity contribution in [3.05, 3.63) is 47.4 Å². The molecule has 0 unspecified atom stereocenters. The zero-order valence-electron chi connectivity index (χ0n) is 18.5. The van der Waals surface area contributed by atoms with Crippen LogP contribution in [0.1, 0.15) is 43.0 Å². The first-order valence-corrected chi connectivity index (χ1v) is 10.5. The maximum absolute atomic E-state index is 12.4. The third kappa shape index (κ3) is 9.05. The lowest BCUT2D eigenvalue weighted by atomic mass is 10.2. The zero-order chi connectivity index (χ0) is 24.4. The predicted molar refractivity (Wildman–Crippen MR) is 117 cm³/mol. The highest BCUT2D eigenvalue weighted by Crippen LogP contribution is 2.32. The normalized spacial score (nSPS) is 13.0. The van der Waals surface area contributed by atoms with E-state index >= 15 is 0 Å². The summed E-state index contributed by atoms with van der Waals surface area (Å²) in [6.45, 7) is 2.64. The molecule has 0 saturated heterocycles. The fourth-order valence-corrected chi connectivity index (χ4v) is 2.70. The van der Waals surface area contributed by atoms with Crippen LogP contribution in [0.2, 0.25) is 0 Å². The van der Waals surface area contributed by atoms with Crippen molar-refractivity contribution in [2.75, 3.05) is 24.8 Å². The molecule has 1 fully saturated rings. The van der Waals surface area contributed by atoms with E-state index in [0.717, 1.165) is 30.2 Å². The highest BCUT2D eigenvalue weighted by Gasteiger charge is 2.30. The Morgan fingerprint density at radius 1 is 1.18 bits per heavy atom. The van der Waals surface area contributed by atoms with Crippen molar-refractivity contribution >= 4 is 23.3 Å². The summed E-state index contributed by atoms with van der Waals surface area (Å²) in [4.78, 5) is 31.2. The molecular formula is C22H28F3N5O3. The molecule has 11 heteroatoms. The van der Waals surface area contributed by atoms with Gasteiger partial charge in [-0.05, 0) is 42.5 Å². The van der Waals surface area contributed by atoms with Gasteiger partial charge in [-0.3, -0.25) is 14.6 Å². The van der Waals surface area contributed by atoms with Gasteiger partial charge in [-0.15, -0.1) is 0 Å². The smallest absolute Gasteiger partial charge is 0.385 e. The van der Waals surface area contributed by atoms with Gasteiger partial charge in [0.2, 0.25) is 0 Å². The highest BCUT2D eigenvalue weighted by atomic mass is 19.4. The molecule has 180 valence electrons. The maximum Gasteiger partial charge on any atom is 0.417 e. The number of carbonyl (C=O) groups is 2. The first-order chi connectivity index (χ1) is 15.6. The van der Waals surface area contributed by atoms with E-state index in [2.05, 4.69) is 20.6 Å². The molecular weight excluding hydrogens is 439 g/mol. The largest absolute Gasteiger partial charge is 0.417 e. The van der Waals surface area contributed by atoms with Crippen molar-refractivity contribution in [3.8, 4) is 0 Å². The molecule has 0 spiro atoms. The van der Waals surface area contributed by atoms with Gasteiger partial charge in [-0.2, -0.15) is 13.2 Å². The Morgan fingerprint density at radius 2 is 1.91 bits per heavy atom. The third-order valence-electron chi connectivity index (χ3n) is 4.86. The van der Waals surface area contributed by atoms with Gasteiger partial charge in [-0.25, -0.2) is 4.98 Å². The van der Waals surface area contributed by atoms with E-state index in [-0.39, 0.29) is 12.2 Å². The van der Waals surface area contributed by atoms with Crippen LogP contribution >= 0.6 is 0 Å². The topological polar surface area (TPSA) is 119 Å². The molecule has 1 saturated carbocycles. The predicted octanol–water partition coefficient (Wildman–Crippen LogP) is 3.33. The number of hydrogen-bond donors (Lipinski definition) is 3. The number of amides is 2. The van der Waals surface area contributed by atoms with Gasteiger partial charge in [0.1, 0.15) is 5.82 Å². The number of nitrogens with two attached hydrogens (primary N) is 1. The molecule has 2 aromatic heterocycles. The first-order valence-electron chi connectivity index (χ1n) is 10.5. The number of ether oxygens (including phenoxy) is 1. The number of nitrogens with zero attached hydrogens (tertiary/aromatic N) is 2. The molecule has 33 heavy (non-hydrogen) atoms. The highest BCUT2D eigenvalue weighted by molar-refractivity contribution is 6.39. The molecule has 3 rings (SSSR count). The van der Waals surface area contributed by atoms with Gasteiger partial charge < -0.3 is 21.1 Å². The van der Waals surface area contributed by atoms with Crippen molar-refractivity contribution in [1.29, 1.82) is 0 Å². The minimum Gasteiger partial charge on any atom is -0.385 e. The van der Waals surface area contributed by atoms with E-state index < -0.39 is 23.6 Å². The Kier molecular flexibility index (Phi) is 9.58. The first kappa shape index (κ1) is 26.0. The van der Waals surface area contributed by atoms with Crippen LogP contribution in [0, 0.1) is 5.92 Å². The van der Waals surface area contributed by atoms with E-state index in [1.54, 1.807) is 13.2 Å². The molecule has 1 aliphatic rings. The second-order valence-corrected chi connectivity index (χ2v) is 7.52. The average molecular weight is 467 g/mol. The molecule has 0 aromatic carbocycles. The lowest BCUT2D eigenvalue weighted by Crippen LogP contribution is -2.35. The monoisotopic (exact) mass is 467 g/mol. The number of anilines is 2. The Hall–Kier alpha value is -3.21. The van der Waals surface area contributed by atoms with Crippen molar-refractivity contribution in [1.82, 2.24) is 15.3 Å². The molecule has 0 aliphatic heterocycles. The van der Waals surface area contributed by atoms with Crippen LogP contribution in [0.15, 0.2) is 30.6 Å². The second kappa shape index (κ2) is 12.1. The van der Waals surface area contributed by atoms with Crippen LogP contribution in [0.25, 0.3) is 0 Å². The minimum atomic E-state index is -4.49. The van der Waals surface area contributed by atoms with Crippen LogP contribution in [0.3, 0.4) is 0 Å². The summed E-state index contributed by atoms with van der Waals surface area (Å²) in [6, 6.07) is 3.57. The second-order valence-electron chi connectivity index (χ2n) is 7.52. The maximum atomic E-state index is 12.4. The number of nitrogens with one attached hydrogen (secondary N) is 2. The van der Waals surface area contributed by atoms with E-state index in [1.807, 2.05) is 6.92 Å². The van der Waals surface area contributed by atoms with Crippen molar-refractivity contribution < 1.29 is 27.5 Å². The number of hydrogen-bond acceptors (Lipinski definition) is 6. The Labute approximate surface area is 190 Å². The summed E-state index contributed by atoms with van der Waals surface area (Å²) in [7, 11) is 1.77. The molecule has 2 heterocycles. The summed E-state index contributed by atoms with van der Waals surface area (Å²) in [5.74, 6) is -0.532. The van der Waals surface area contributed by atoms with Crippen molar-refractivity contribution in [2.24, 2.45) is 5.92 Å². The van der Waals surface area contributed by atoms with E-state index in [0.29, 0.717) is 24.1 Å². The van der Waals surface area contributed by atoms with Gasteiger partial charge in [0, 0.05) is 19.9 Å². The number of alkyl halides is 3. The lowest BCUT2D eigenvalue weighted by molar-refractivity contribution is -0.137.